The summed E-state index contributed by atoms with van der Waals surface area (Å²) in [4.78, 5) is 11.3. The van der Waals surface area contributed by atoms with E-state index in [2.05, 4.69) is 5.32 Å². The number of hydrogen-bond donors (Lipinski definition) is 3. The standard InChI is InChI=1S/C14H21NO4/c1-3-19-8-4-7-15-13(14(17)18)11-9-10(2)5-6-12(11)16/h5-6,9,13,15-16H,3-4,7-8H2,1-2H3,(H,17,18). The highest BCUT2D eigenvalue weighted by atomic mass is 16.5. The van der Waals surface area contributed by atoms with Gasteiger partial charge in [-0.25, -0.2) is 0 Å². The maximum atomic E-state index is 11.3. The van der Waals surface area contributed by atoms with Crippen molar-refractivity contribution >= 4 is 5.97 Å². The molecule has 0 aliphatic carbocycles. The van der Waals surface area contributed by atoms with Gasteiger partial charge in [-0.1, -0.05) is 17.7 Å². The van der Waals surface area contributed by atoms with E-state index in [4.69, 9.17) is 4.74 Å². The van der Waals surface area contributed by atoms with Gasteiger partial charge in [0, 0.05) is 18.8 Å². The van der Waals surface area contributed by atoms with Crippen molar-refractivity contribution in [3.63, 3.8) is 0 Å². The number of rotatable bonds is 8. The molecule has 5 nitrogen and oxygen atoms in total. The zero-order valence-electron chi connectivity index (χ0n) is 11.3. The lowest BCUT2D eigenvalue weighted by atomic mass is 10.0. The van der Waals surface area contributed by atoms with Crippen molar-refractivity contribution in [3.05, 3.63) is 29.3 Å². The van der Waals surface area contributed by atoms with Crippen LogP contribution >= 0.6 is 0 Å². The van der Waals surface area contributed by atoms with Gasteiger partial charge in [-0.2, -0.15) is 0 Å². The number of carbonyl (C=O) groups is 1. The van der Waals surface area contributed by atoms with Gasteiger partial charge < -0.3 is 20.3 Å². The molecule has 1 rings (SSSR count). The highest BCUT2D eigenvalue weighted by Gasteiger charge is 2.22. The molecule has 0 spiro atoms. The minimum atomic E-state index is -1.00. The molecule has 0 saturated heterocycles. The van der Waals surface area contributed by atoms with Crippen LogP contribution in [0.25, 0.3) is 0 Å². The Balaban J connectivity index is 2.67. The summed E-state index contributed by atoms with van der Waals surface area (Å²) < 4.78 is 5.19. The molecule has 0 aromatic heterocycles. The van der Waals surface area contributed by atoms with Crippen LogP contribution in [0.2, 0.25) is 0 Å². The fourth-order valence-corrected chi connectivity index (χ4v) is 1.80. The van der Waals surface area contributed by atoms with E-state index in [1.807, 2.05) is 13.8 Å². The fourth-order valence-electron chi connectivity index (χ4n) is 1.80. The fraction of sp³-hybridized carbons (Fsp3) is 0.500. The van der Waals surface area contributed by atoms with Crippen LogP contribution in [0, 0.1) is 6.92 Å². The second-order valence-corrected chi connectivity index (χ2v) is 4.34. The van der Waals surface area contributed by atoms with Crippen LogP contribution in [0.4, 0.5) is 0 Å². The molecular formula is C14H21NO4. The third-order valence-corrected chi connectivity index (χ3v) is 2.76. The molecule has 5 heteroatoms. The van der Waals surface area contributed by atoms with Gasteiger partial charge in [-0.3, -0.25) is 4.79 Å². The number of carboxylic acid groups (broad SMARTS) is 1. The van der Waals surface area contributed by atoms with Crippen molar-refractivity contribution in [1.29, 1.82) is 0 Å². The maximum absolute atomic E-state index is 11.3. The van der Waals surface area contributed by atoms with Crippen molar-refractivity contribution in [2.24, 2.45) is 0 Å². The second kappa shape index (κ2) is 7.76. The van der Waals surface area contributed by atoms with Gasteiger partial charge >= 0.3 is 5.97 Å². The number of nitrogens with one attached hydrogen (secondary N) is 1. The molecule has 0 bridgehead atoms. The number of aromatic hydroxyl groups is 1. The summed E-state index contributed by atoms with van der Waals surface area (Å²) in [6, 6.07) is 4.04. The van der Waals surface area contributed by atoms with Crippen molar-refractivity contribution < 1.29 is 19.7 Å². The van der Waals surface area contributed by atoms with E-state index < -0.39 is 12.0 Å². The first-order valence-electron chi connectivity index (χ1n) is 6.39. The summed E-state index contributed by atoms with van der Waals surface area (Å²) in [5.41, 5.74) is 1.30. The van der Waals surface area contributed by atoms with Crippen LogP contribution in [0.3, 0.4) is 0 Å². The summed E-state index contributed by atoms with van der Waals surface area (Å²) >= 11 is 0. The van der Waals surface area contributed by atoms with E-state index in [0.29, 0.717) is 25.3 Å². The largest absolute Gasteiger partial charge is 0.508 e. The highest BCUT2D eigenvalue weighted by molar-refractivity contribution is 5.76. The summed E-state index contributed by atoms with van der Waals surface area (Å²) in [5, 5.41) is 21.9. The van der Waals surface area contributed by atoms with Crippen molar-refractivity contribution in [1.82, 2.24) is 5.32 Å². The molecule has 0 aliphatic rings. The Labute approximate surface area is 113 Å². The van der Waals surface area contributed by atoms with Crippen molar-refractivity contribution in [2.75, 3.05) is 19.8 Å². The Hall–Kier alpha value is -1.59. The molecule has 19 heavy (non-hydrogen) atoms. The van der Waals surface area contributed by atoms with E-state index >= 15 is 0 Å². The average molecular weight is 267 g/mol. The van der Waals surface area contributed by atoms with Crippen LogP contribution in [0.15, 0.2) is 18.2 Å². The van der Waals surface area contributed by atoms with Gasteiger partial charge in [-0.15, -0.1) is 0 Å². The SMILES string of the molecule is CCOCCCNC(C(=O)O)c1cc(C)ccc1O. The van der Waals surface area contributed by atoms with Gasteiger partial charge in [0.1, 0.15) is 11.8 Å². The molecule has 0 fully saturated rings. The minimum absolute atomic E-state index is 0.00434. The Kier molecular flexibility index (Phi) is 6.32. The van der Waals surface area contributed by atoms with Crippen LogP contribution in [-0.2, 0) is 9.53 Å². The number of phenols is 1. The number of hydrogen-bond acceptors (Lipinski definition) is 4. The Morgan fingerprint density at radius 2 is 2.21 bits per heavy atom. The van der Waals surface area contributed by atoms with Crippen molar-refractivity contribution in [2.45, 2.75) is 26.3 Å². The lowest BCUT2D eigenvalue weighted by Crippen LogP contribution is -2.30. The lowest BCUT2D eigenvalue weighted by molar-refractivity contribution is -0.139. The normalized spacial score (nSPS) is 12.3. The minimum Gasteiger partial charge on any atom is -0.508 e. The van der Waals surface area contributed by atoms with Gasteiger partial charge in [-0.05, 0) is 32.9 Å². The average Bonchev–Trinajstić information content (AvgIpc) is 2.37. The Morgan fingerprint density at radius 3 is 2.84 bits per heavy atom. The molecule has 0 amide bonds. The van der Waals surface area contributed by atoms with Gasteiger partial charge in [0.25, 0.3) is 0 Å². The van der Waals surface area contributed by atoms with E-state index in [1.165, 1.54) is 6.07 Å². The summed E-state index contributed by atoms with van der Waals surface area (Å²) in [7, 11) is 0. The maximum Gasteiger partial charge on any atom is 0.325 e. The zero-order valence-corrected chi connectivity index (χ0v) is 11.3. The van der Waals surface area contributed by atoms with Gasteiger partial charge in [0.05, 0.1) is 0 Å². The molecule has 0 heterocycles. The lowest BCUT2D eigenvalue weighted by Gasteiger charge is -2.16. The van der Waals surface area contributed by atoms with Crippen LogP contribution in [0.5, 0.6) is 5.75 Å². The first kappa shape index (κ1) is 15.5. The predicted molar refractivity (Wildman–Crippen MR) is 72.3 cm³/mol. The summed E-state index contributed by atoms with van der Waals surface area (Å²) in [6.07, 6.45) is 0.726. The Morgan fingerprint density at radius 1 is 1.47 bits per heavy atom. The molecule has 1 unspecified atom stereocenters. The quantitative estimate of drug-likeness (QED) is 0.626. The molecule has 3 N–H and O–H groups in total. The smallest absolute Gasteiger partial charge is 0.325 e. The number of aryl methyl sites for hydroxylation is 1. The zero-order chi connectivity index (χ0) is 14.3. The summed E-state index contributed by atoms with van der Waals surface area (Å²) in [6.45, 7) is 5.54. The van der Waals surface area contributed by atoms with Gasteiger partial charge in [0.2, 0.25) is 0 Å². The first-order chi connectivity index (χ1) is 9.06. The van der Waals surface area contributed by atoms with Crippen LogP contribution < -0.4 is 5.32 Å². The molecule has 1 atom stereocenters. The van der Waals surface area contributed by atoms with Gasteiger partial charge in [0.15, 0.2) is 0 Å². The molecule has 0 aliphatic heterocycles. The van der Waals surface area contributed by atoms with E-state index in [-0.39, 0.29) is 5.75 Å². The highest BCUT2D eigenvalue weighted by Crippen LogP contribution is 2.25. The molecule has 0 saturated carbocycles. The number of aliphatic carboxylic acids is 1. The molecule has 106 valence electrons. The number of benzene rings is 1. The number of ether oxygens (including phenoxy) is 1. The molecule has 1 aromatic carbocycles. The first-order valence-corrected chi connectivity index (χ1v) is 6.39. The van der Waals surface area contributed by atoms with Crippen molar-refractivity contribution in [3.8, 4) is 5.75 Å². The third-order valence-electron chi connectivity index (χ3n) is 2.76. The number of phenolic OH excluding ortho intramolecular Hbond substituents is 1. The topological polar surface area (TPSA) is 78.8 Å². The third kappa shape index (κ3) is 4.89. The van der Waals surface area contributed by atoms with Crippen LogP contribution in [-0.4, -0.2) is 35.9 Å². The van der Waals surface area contributed by atoms with E-state index in [1.54, 1.807) is 12.1 Å². The predicted octanol–water partition coefficient (Wildman–Crippen LogP) is 1.84. The second-order valence-electron chi connectivity index (χ2n) is 4.34. The molecule has 0 radical (unpaired) electrons. The van der Waals surface area contributed by atoms with E-state index in [0.717, 1.165) is 12.0 Å². The molecular weight excluding hydrogens is 246 g/mol. The number of carboxylic acids is 1. The Bertz CT molecular complexity index is 420. The molecule has 1 aromatic rings. The monoisotopic (exact) mass is 267 g/mol. The van der Waals surface area contributed by atoms with Crippen LogP contribution in [0.1, 0.15) is 30.5 Å². The van der Waals surface area contributed by atoms with E-state index in [9.17, 15) is 15.0 Å². The summed E-state index contributed by atoms with van der Waals surface area (Å²) in [5.74, 6) is -1.01.